The van der Waals surface area contributed by atoms with Crippen molar-refractivity contribution in [1.29, 1.82) is 0 Å². The highest BCUT2D eigenvalue weighted by Gasteiger charge is 2.43. The SMILES string of the molecule is COc1ccc([C@@H](C(=O)NC(C)(C)C)N(C(=O)c2csnn2)C2CC2)cc1. The second kappa shape index (κ2) is 7.64. The van der Waals surface area contributed by atoms with Gasteiger partial charge in [-0.05, 0) is 62.8 Å². The molecule has 1 N–H and O–H groups in total. The fourth-order valence-electron chi connectivity index (χ4n) is 2.90. The maximum absolute atomic E-state index is 13.2. The second-order valence-electron chi connectivity index (χ2n) is 7.65. The van der Waals surface area contributed by atoms with Crippen LogP contribution in [0.1, 0.15) is 55.7 Å². The standard InChI is InChI=1S/C19H24N4O3S/c1-19(2,3)20-17(24)16(12-5-9-14(26-4)10-6-12)23(13-7-8-13)18(25)15-11-27-22-21-15/h5-6,9-11,13,16H,7-8H2,1-4H3,(H,20,24)/t16-/m0/s1. The fourth-order valence-corrected chi connectivity index (χ4v) is 3.33. The molecule has 1 saturated carbocycles. The number of nitrogens with one attached hydrogen (secondary N) is 1. The molecule has 3 rings (SSSR count). The van der Waals surface area contributed by atoms with Crippen LogP contribution in [0.15, 0.2) is 29.6 Å². The molecule has 2 aromatic rings. The fraction of sp³-hybridized carbons (Fsp3) is 0.474. The Kier molecular flexibility index (Phi) is 5.46. The molecule has 1 aromatic carbocycles. The van der Waals surface area contributed by atoms with Crippen molar-refractivity contribution in [2.45, 2.75) is 51.2 Å². The molecule has 0 bridgehead atoms. The van der Waals surface area contributed by atoms with Crippen LogP contribution in [0.2, 0.25) is 0 Å². The van der Waals surface area contributed by atoms with E-state index >= 15 is 0 Å². The maximum Gasteiger partial charge on any atom is 0.276 e. The van der Waals surface area contributed by atoms with Crippen LogP contribution >= 0.6 is 11.5 Å². The van der Waals surface area contributed by atoms with E-state index in [1.54, 1.807) is 29.5 Å². The number of hydrogen-bond acceptors (Lipinski definition) is 6. The number of nitrogens with zero attached hydrogens (tertiary/aromatic N) is 3. The minimum absolute atomic E-state index is 0.0250. The van der Waals surface area contributed by atoms with Gasteiger partial charge in [-0.15, -0.1) is 5.10 Å². The van der Waals surface area contributed by atoms with Crippen LogP contribution < -0.4 is 10.1 Å². The van der Waals surface area contributed by atoms with E-state index in [1.807, 2.05) is 32.9 Å². The lowest BCUT2D eigenvalue weighted by atomic mass is 10.0. The van der Waals surface area contributed by atoms with Crippen molar-refractivity contribution in [3.05, 3.63) is 40.9 Å². The van der Waals surface area contributed by atoms with E-state index in [1.165, 1.54) is 0 Å². The predicted molar refractivity (Wildman–Crippen MR) is 103 cm³/mol. The van der Waals surface area contributed by atoms with Gasteiger partial charge in [0.15, 0.2) is 5.69 Å². The lowest BCUT2D eigenvalue weighted by Gasteiger charge is -2.33. The molecule has 27 heavy (non-hydrogen) atoms. The highest BCUT2D eigenvalue weighted by Crippen LogP contribution is 2.36. The number of rotatable bonds is 6. The van der Waals surface area contributed by atoms with Crippen LogP contribution in [0.5, 0.6) is 5.75 Å². The average molecular weight is 388 g/mol. The molecule has 1 aliphatic carbocycles. The van der Waals surface area contributed by atoms with Gasteiger partial charge < -0.3 is 15.0 Å². The van der Waals surface area contributed by atoms with Crippen LogP contribution in [-0.4, -0.2) is 45.0 Å². The Bertz CT molecular complexity index is 795. The number of amides is 2. The summed E-state index contributed by atoms with van der Waals surface area (Å²) in [5.74, 6) is 0.217. The number of hydrogen-bond donors (Lipinski definition) is 1. The maximum atomic E-state index is 13.2. The zero-order valence-electron chi connectivity index (χ0n) is 15.9. The summed E-state index contributed by atoms with van der Waals surface area (Å²) in [4.78, 5) is 28.0. The number of carbonyl (C=O) groups is 2. The largest absolute Gasteiger partial charge is 0.497 e. The molecule has 1 heterocycles. The Morgan fingerprint density at radius 2 is 1.93 bits per heavy atom. The molecule has 0 aliphatic heterocycles. The van der Waals surface area contributed by atoms with E-state index in [0.29, 0.717) is 5.75 Å². The minimum Gasteiger partial charge on any atom is -0.497 e. The van der Waals surface area contributed by atoms with Gasteiger partial charge in [-0.2, -0.15) is 0 Å². The summed E-state index contributed by atoms with van der Waals surface area (Å²) in [7, 11) is 1.59. The molecule has 1 aromatic heterocycles. The number of aromatic nitrogens is 2. The van der Waals surface area contributed by atoms with Gasteiger partial charge in [0, 0.05) is 17.0 Å². The van der Waals surface area contributed by atoms with Crippen molar-refractivity contribution >= 4 is 23.3 Å². The Labute approximate surface area is 162 Å². The number of ether oxygens (including phenoxy) is 1. The Morgan fingerprint density at radius 3 is 2.41 bits per heavy atom. The molecule has 0 spiro atoms. The van der Waals surface area contributed by atoms with E-state index in [9.17, 15) is 9.59 Å². The lowest BCUT2D eigenvalue weighted by molar-refractivity contribution is -0.127. The summed E-state index contributed by atoms with van der Waals surface area (Å²) in [6.45, 7) is 5.76. The van der Waals surface area contributed by atoms with Crippen molar-refractivity contribution < 1.29 is 14.3 Å². The first-order valence-electron chi connectivity index (χ1n) is 8.86. The topological polar surface area (TPSA) is 84.4 Å². The third-order valence-electron chi connectivity index (χ3n) is 4.21. The third-order valence-corrected chi connectivity index (χ3v) is 4.71. The summed E-state index contributed by atoms with van der Waals surface area (Å²) in [6.07, 6.45) is 1.75. The molecule has 0 saturated heterocycles. The summed E-state index contributed by atoms with van der Waals surface area (Å²) in [6, 6.07) is 6.54. The second-order valence-corrected chi connectivity index (χ2v) is 8.26. The van der Waals surface area contributed by atoms with Crippen LogP contribution in [-0.2, 0) is 4.79 Å². The van der Waals surface area contributed by atoms with Gasteiger partial charge in [-0.3, -0.25) is 9.59 Å². The number of carbonyl (C=O) groups excluding carboxylic acids is 2. The van der Waals surface area contributed by atoms with Crippen molar-refractivity contribution in [3.8, 4) is 5.75 Å². The van der Waals surface area contributed by atoms with Crippen LogP contribution in [0.25, 0.3) is 0 Å². The van der Waals surface area contributed by atoms with Gasteiger partial charge in [-0.25, -0.2) is 0 Å². The van der Waals surface area contributed by atoms with Gasteiger partial charge in [0.1, 0.15) is 11.8 Å². The smallest absolute Gasteiger partial charge is 0.276 e. The van der Waals surface area contributed by atoms with Crippen LogP contribution in [0.3, 0.4) is 0 Å². The number of benzene rings is 1. The van der Waals surface area contributed by atoms with E-state index in [0.717, 1.165) is 29.9 Å². The molecular formula is C19H24N4O3S. The summed E-state index contributed by atoms with van der Waals surface area (Å²) in [5.41, 5.74) is 0.595. The zero-order valence-corrected chi connectivity index (χ0v) is 16.7. The molecule has 1 aliphatic rings. The van der Waals surface area contributed by atoms with Crippen molar-refractivity contribution in [3.63, 3.8) is 0 Å². The highest BCUT2D eigenvalue weighted by atomic mass is 32.1. The molecule has 8 heteroatoms. The third kappa shape index (κ3) is 4.63. The average Bonchev–Trinajstić information content (AvgIpc) is 3.29. The van der Waals surface area contributed by atoms with Gasteiger partial charge in [-0.1, -0.05) is 16.6 Å². The summed E-state index contributed by atoms with van der Waals surface area (Å²) in [5, 5.41) is 8.54. The Morgan fingerprint density at radius 1 is 1.26 bits per heavy atom. The van der Waals surface area contributed by atoms with Gasteiger partial charge in [0.25, 0.3) is 5.91 Å². The molecule has 1 fully saturated rings. The minimum atomic E-state index is -0.739. The zero-order chi connectivity index (χ0) is 19.6. The molecule has 144 valence electrons. The lowest BCUT2D eigenvalue weighted by Crippen LogP contribution is -2.50. The van der Waals surface area contributed by atoms with Gasteiger partial charge in [0.2, 0.25) is 5.91 Å². The molecule has 7 nitrogen and oxygen atoms in total. The first-order chi connectivity index (χ1) is 12.8. The highest BCUT2D eigenvalue weighted by molar-refractivity contribution is 7.03. The molecule has 0 radical (unpaired) electrons. The van der Waals surface area contributed by atoms with E-state index in [2.05, 4.69) is 14.9 Å². The van der Waals surface area contributed by atoms with E-state index in [4.69, 9.17) is 4.74 Å². The normalized spacial score (nSPS) is 15.1. The molecule has 1 atom stereocenters. The first-order valence-corrected chi connectivity index (χ1v) is 9.69. The van der Waals surface area contributed by atoms with E-state index in [-0.39, 0.29) is 23.6 Å². The molecule has 0 unspecified atom stereocenters. The quantitative estimate of drug-likeness (QED) is 0.823. The van der Waals surface area contributed by atoms with Crippen molar-refractivity contribution in [2.75, 3.05) is 7.11 Å². The van der Waals surface area contributed by atoms with Gasteiger partial charge in [0.05, 0.1) is 7.11 Å². The summed E-state index contributed by atoms with van der Waals surface area (Å²) < 4.78 is 9.01. The molecular weight excluding hydrogens is 364 g/mol. The summed E-state index contributed by atoms with van der Waals surface area (Å²) >= 11 is 1.12. The van der Waals surface area contributed by atoms with E-state index < -0.39 is 11.6 Å². The van der Waals surface area contributed by atoms with Gasteiger partial charge >= 0.3 is 0 Å². The Hall–Kier alpha value is -2.48. The number of methoxy groups -OCH3 is 1. The Balaban J connectivity index is 2.00. The molecule has 2 amide bonds. The predicted octanol–water partition coefficient (Wildman–Crippen LogP) is 2.81. The van der Waals surface area contributed by atoms with Crippen LogP contribution in [0.4, 0.5) is 0 Å². The van der Waals surface area contributed by atoms with Crippen molar-refractivity contribution in [1.82, 2.24) is 19.8 Å². The van der Waals surface area contributed by atoms with Crippen molar-refractivity contribution in [2.24, 2.45) is 0 Å². The monoisotopic (exact) mass is 388 g/mol. The van der Waals surface area contributed by atoms with Crippen LogP contribution in [0, 0.1) is 0 Å². The first kappa shape index (κ1) is 19.3.